The fraction of sp³-hybridized carbons (Fsp3) is 0.238. The number of Topliss-reactive ketones (excluding diaryl/α,β-unsaturated/α-hetero) is 1. The summed E-state index contributed by atoms with van der Waals surface area (Å²) in [4.78, 5) is 37.1. The van der Waals surface area contributed by atoms with Gasteiger partial charge in [0.25, 0.3) is 0 Å². The van der Waals surface area contributed by atoms with Crippen molar-refractivity contribution in [2.24, 2.45) is 0 Å². The minimum atomic E-state index is -5.08. The number of benzene rings is 1. The lowest BCUT2D eigenvalue weighted by Crippen LogP contribution is -2.24. The molecule has 7 nitrogen and oxygen atoms in total. The second-order valence-electron chi connectivity index (χ2n) is 6.64. The third-order valence-electron chi connectivity index (χ3n) is 4.14. The van der Waals surface area contributed by atoms with Crippen LogP contribution in [0.1, 0.15) is 33.5 Å². The molecule has 0 spiro atoms. The van der Waals surface area contributed by atoms with Crippen molar-refractivity contribution in [3.8, 4) is 5.69 Å². The molecular weight excluding hydrogens is 447 g/mol. The number of halogens is 3. The van der Waals surface area contributed by atoms with E-state index in [-0.39, 0.29) is 18.1 Å². The van der Waals surface area contributed by atoms with Crippen molar-refractivity contribution in [3.63, 3.8) is 0 Å². The van der Waals surface area contributed by atoms with Crippen molar-refractivity contribution in [2.75, 3.05) is 0 Å². The summed E-state index contributed by atoms with van der Waals surface area (Å²) in [7, 11) is 0. The van der Waals surface area contributed by atoms with Crippen LogP contribution in [-0.2, 0) is 22.6 Å². The summed E-state index contributed by atoms with van der Waals surface area (Å²) in [6.45, 7) is 3.96. The monoisotopic (exact) mass is 467 g/mol. The van der Waals surface area contributed by atoms with E-state index in [1.54, 1.807) is 12.3 Å². The number of carbonyl (C=O) groups excluding carboxylic acids is 2. The van der Waals surface area contributed by atoms with Crippen LogP contribution in [0, 0.1) is 6.92 Å². The van der Waals surface area contributed by atoms with E-state index >= 15 is 0 Å². The van der Waals surface area contributed by atoms with Gasteiger partial charge in [-0.25, -0.2) is 9.78 Å². The lowest BCUT2D eigenvalue weighted by Gasteiger charge is -2.08. The number of nitrogens with zero attached hydrogens (tertiary/aromatic N) is 2. The minimum Gasteiger partial charge on any atom is -0.475 e. The van der Waals surface area contributed by atoms with Crippen LogP contribution in [0.4, 0.5) is 13.2 Å². The third kappa shape index (κ3) is 7.34. The van der Waals surface area contributed by atoms with Crippen LogP contribution in [0.3, 0.4) is 0 Å². The van der Waals surface area contributed by atoms with Gasteiger partial charge >= 0.3 is 12.1 Å². The normalized spacial score (nSPS) is 10.8. The van der Waals surface area contributed by atoms with Crippen molar-refractivity contribution in [1.82, 2.24) is 14.9 Å². The summed E-state index contributed by atoms with van der Waals surface area (Å²) in [6.07, 6.45) is -1.11. The van der Waals surface area contributed by atoms with Crippen LogP contribution in [0.15, 0.2) is 48.1 Å². The van der Waals surface area contributed by atoms with E-state index in [2.05, 4.69) is 10.3 Å². The Labute approximate surface area is 185 Å². The van der Waals surface area contributed by atoms with E-state index in [0.29, 0.717) is 11.4 Å². The van der Waals surface area contributed by atoms with Gasteiger partial charge in [-0.2, -0.15) is 13.2 Å². The standard InChI is InChI=1S/C19H19N3O2S.C2HF3O2/c1-13(23)18-9-16(12-25-18)10-19(24)21-11-15-3-5-17(6-4-15)22-8-7-20-14(22)2;3-2(4,5)1(6)7/h3-9,12H,10-11H2,1-2H3,(H,21,24);(H,6,7). The van der Waals surface area contributed by atoms with Gasteiger partial charge < -0.3 is 15.0 Å². The maximum atomic E-state index is 12.1. The highest BCUT2D eigenvalue weighted by atomic mass is 32.1. The number of carbonyl (C=O) groups is 3. The van der Waals surface area contributed by atoms with Crippen LogP contribution in [0.2, 0.25) is 0 Å². The second-order valence-corrected chi connectivity index (χ2v) is 7.55. The number of aryl methyl sites for hydroxylation is 1. The lowest BCUT2D eigenvalue weighted by molar-refractivity contribution is -0.192. The van der Waals surface area contributed by atoms with Crippen molar-refractivity contribution in [2.45, 2.75) is 33.0 Å². The first kappa shape index (κ1) is 24.8. The Morgan fingerprint density at radius 2 is 1.78 bits per heavy atom. The molecule has 0 fully saturated rings. The molecular formula is C21H20F3N3O4S. The Kier molecular flexibility index (Phi) is 8.30. The fourth-order valence-corrected chi connectivity index (χ4v) is 3.34. The number of thiophene rings is 1. The molecule has 32 heavy (non-hydrogen) atoms. The van der Waals surface area contributed by atoms with Gasteiger partial charge in [0.15, 0.2) is 5.78 Å². The number of amides is 1. The molecule has 0 saturated carbocycles. The molecule has 1 aromatic carbocycles. The van der Waals surface area contributed by atoms with E-state index in [1.165, 1.54) is 18.3 Å². The van der Waals surface area contributed by atoms with Gasteiger partial charge in [-0.3, -0.25) is 9.59 Å². The fourth-order valence-electron chi connectivity index (χ4n) is 2.53. The van der Waals surface area contributed by atoms with Gasteiger partial charge in [0.1, 0.15) is 5.82 Å². The number of carboxylic acids is 1. The van der Waals surface area contributed by atoms with Crippen LogP contribution >= 0.6 is 11.3 Å². The van der Waals surface area contributed by atoms with Gasteiger partial charge in [-0.1, -0.05) is 12.1 Å². The molecule has 0 saturated heterocycles. The van der Waals surface area contributed by atoms with Gasteiger partial charge in [-0.05, 0) is 48.6 Å². The molecule has 0 aliphatic carbocycles. The summed E-state index contributed by atoms with van der Waals surface area (Å²) in [5.74, 6) is -1.85. The molecule has 3 rings (SSSR count). The quantitative estimate of drug-likeness (QED) is 0.535. The smallest absolute Gasteiger partial charge is 0.475 e. The molecule has 0 unspecified atom stereocenters. The summed E-state index contributed by atoms with van der Waals surface area (Å²) in [6, 6.07) is 9.79. The van der Waals surface area contributed by atoms with Crippen molar-refractivity contribution < 1.29 is 32.7 Å². The number of nitrogens with one attached hydrogen (secondary N) is 1. The highest BCUT2D eigenvalue weighted by molar-refractivity contribution is 7.12. The third-order valence-corrected chi connectivity index (χ3v) is 5.22. The molecule has 1 amide bonds. The SMILES string of the molecule is CC(=O)c1cc(CC(=O)NCc2ccc(-n3ccnc3C)cc2)cs1.O=C(O)C(F)(F)F. The molecule has 0 radical (unpaired) electrons. The van der Waals surface area contributed by atoms with Crippen LogP contribution in [0.25, 0.3) is 5.69 Å². The first-order valence-electron chi connectivity index (χ1n) is 9.21. The maximum absolute atomic E-state index is 12.1. The van der Waals surface area contributed by atoms with E-state index in [4.69, 9.17) is 9.90 Å². The molecule has 0 atom stereocenters. The highest BCUT2D eigenvalue weighted by Gasteiger charge is 2.38. The zero-order chi connectivity index (χ0) is 23.9. The van der Waals surface area contributed by atoms with Crippen LogP contribution in [0.5, 0.6) is 0 Å². The van der Waals surface area contributed by atoms with E-state index in [1.807, 2.05) is 47.3 Å². The molecule has 170 valence electrons. The molecule has 0 bridgehead atoms. The summed E-state index contributed by atoms with van der Waals surface area (Å²) in [5.41, 5.74) is 2.95. The maximum Gasteiger partial charge on any atom is 0.490 e. The first-order valence-corrected chi connectivity index (χ1v) is 10.1. The van der Waals surface area contributed by atoms with E-state index < -0.39 is 12.1 Å². The predicted molar refractivity (Wildman–Crippen MR) is 112 cm³/mol. The number of aliphatic carboxylic acids is 1. The average molecular weight is 467 g/mol. The Balaban J connectivity index is 0.000000451. The van der Waals surface area contributed by atoms with Gasteiger partial charge in [-0.15, -0.1) is 11.3 Å². The van der Waals surface area contributed by atoms with Crippen molar-refractivity contribution >= 4 is 29.0 Å². The second kappa shape index (κ2) is 10.7. The molecule has 2 N–H and O–H groups in total. The van der Waals surface area contributed by atoms with E-state index in [0.717, 1.165) is 22.6 Å². The van der Waals surface area contributed by atoms with Crippen LogP contribution in [-0.4, -0.2) is 38.5 Å². The molecule has 2 heterocycles. The Bertz CT molecular complexity index is 1090. The highest BCUT2D eigenvalue weighted by Crippen LogP contribution is 2.16. The Hall–Kier alpha value is -3.47. The largest absolute Gasteiger partial charge is 0.490 e. The average Bonchev–Trinajstić information content (AvgIpc) is 3.36. The molecule has 2 aromatic heterocycles. The lowest BCUT2D eigenvalue weighted by atomic mass is 10.2. The van der Waals surface area contributed by atoms with Crippen LogP contribution < -0.4 is 5.32 Å². The Morgan fingerprint density at radius 1 is 1.16 bits per heavy atom. The number of rotatable bonds is 6. The number of alkyl halides is 3. The minimum absolute atomic E-state index is 0.0323. The topological polar surface area (TPSA) is 101 Å². The number of ketones is 1. The zero-order valence-electron chi connectivity index (χ0n) is 17.1. The predicted octanol–water partition coefficient (Wildman–Crippen LogP) is 3.94. The van der Waals surface area contributed by atoms with Crippen molar-refractivity contribution in [3.05, 3.63) is 69.9 Å². The zero-order valence-corrected chi connectivity index (χ0v) is 18.0. The molecule has 0 aliphatic heterocycles. The number of hydrogen-bond acceptors (Lipinski definition) is 5. The summed E-state index contributed by atoms with van der Waals surface area (Å²) in [5, 5.41) is 11.9. The number of hydrogen-bond donors (Lipinski definition) is 2. The molecule has 3 aromatic rings. The number of carboxylic acid groups (broad SMARTS) is 1. The van der Waals surface area contributed by atoms with Gasteiger partial charge in [0.2, 0.25) is 5.91 Å². The first-order chi connectivity index (χ1) is 15.0. The molecule has 0 aliphatic rings. The molecule has 11 heteroatoms. The number of imidazole rings is 1. The Morgan fingerprint density at radius 3 is 2.25 bits per heavy atom. The van der Waals surface area contributed by atoms with Gasteiger partial charge in [0, 0.05) is 24.6 Å². The summed E-state index contributed by atoms with van der Waals surface area (Å²) >= 11 is 1.38. The van der Waals surface area contributed by atoms with Gasteiger partial charge in [0.05, 0.1) is 11.3 Å². The number of aromatic nitrogens is 2. The summed E-state index contributed by atoms with van der Waals surface area (Å²) < 4.78 is 33.7. The van der Waals surface area contributed by atoms with Crippen molar-refractivity contribution in [1.29, 1.82) is 0 Å². The van der Waals surface area contributed by atoms with E-state index in [9.17, 15) is 22.8 Å².